The SMILES string of the molecule is CNC(=O)C1Cc2ccccc2N1C(=O)c1csc(C(C)C)n1. The minimum Gasteiger partial charge on any atom is -0.357 e. The molecule has 5 nitrogen and oxygen atoms in total. The van der Waals surface area contributed by atoms with Crippen molar-refractivity contribution in [1.29, 1.82) is 0 Å². The van der Waals surface area contributed by atoms with E-state index in [1.807, 2.05) is 38.1 Å². The number of carbonyl (C=O) groups excluding carboxylic acids is 2. The molecule has 0 radical (unpaired) electrons. The summed E-state index contributed by atoms with van der Waals surface area (Å²) in [5, 5.41) is 5.36. The number of rotatable bonds is 3. The first-order valence-corrected chi connectivity index (χ1v) is 8.49. The van der Waals surface area contributed by atoms with E-state index in [4.69, 9.17) is 0 Å². The Morgan fingerprint density at radius 1 is 1.35 bits per heavy atom. The van der Waals surface area contributed by atoms with Gasteiger partial charge in [0.1, 0.15) is 11.7 Å². The molecular formula is C17H19N3O2S. The molecule has 1 aromatic carbocycles. The van der Waals surface area contributed by atoms with Gasteiger partial charge in [0.05, 0.1) is 5.01 Å². The molecule has 1 atom stereocenters. The van der Waals surface area contributed by atoms with E-state index in [9.17, 15) is 9.59 Å². The third-order valence-corrected chi connectivity index (χ3v) is 5.12. The lowest BCUT2D eigenvalue weighted by Crippen LogP contribution is -2.47. The molecule has 3 rings (SSSR count). The molecular weight excluding hydrogens is 310 g/mol. The van der Waals surface area contributed by atoms with E-state index in [1.165, 1.54) is 11.3 Å². The number of thiazole rings is 1. The molecule has 2 aromatic rings. The Balaban J connectivity index is 1.99. The van der Waals surface area contributed by atoms with Crippen LogP contribution in [-0.2, 0) is 11.2 Å². The second-order valence-electron chi connectivity index (χ2n) is 5.86. The van der Waals surface area contributed by atoms with Crippen LogP contribution in [0.3, 0.4) is 0 Å². The van der Waals surface area contributed by atoms with Crippen LogP contribution in [0.15, 0.2) is 29.6 Å². The van der Waals surface area contributed by atoms with E-state index in [0.717, 1.165) is 16.3 Å². The van der Waals surface area contributed by atoms with Gasteiger partial charge in [-0.15, -0.1) is 11.3 Å². The summed E-state index contributed by atoms with van der Waals surface area (Å²) in [6, 6.07) is 7.12. The van der Waals surface area contributed by atoms with Crippen LogP contribution in [0.5, 0.6) is 0 Å². The fourth-order valence-electron chi connectivity index (χ4n) is 2.79. The Labute approximate surface area is 139 Å². The number of carbonyl (C=O) groups is 2. The molecule has 1 unspecified atom stereocenters. The predicted molar refractivity (Wildman–Crippen MR) is 91.0 cm³/mol. The maximum absolute atomic E-state index is 13.0. The van der Waals surface area contributed by atoms with Crippen LogP contribution in [0.2, 0.25) is 0 Å². The van der Waals surface area contributed by atoms with Gasteiger partial charge in [0.2, 0.25) is 5.91 Å². The van der Waals surface area contributed by atoms with Crippen molar-refractivity contribution < 1.29 is 9.59 Å². The van der Waals surface area contributed by atoms with E-state index >= 15 is 0 Å². The highest BCUT2D eigenvalue weighted by Crippen LogP contribution is 2.33. The predicted octanol–water partition coefficient (Wildman–Crippen LogP) is 2.58. The molecule has 0 fully saturated rings. The molecule has 1 aliphatic rings. The van der Waals surface area contributed by atoms with Gasteiger partial charge in [0.25, 0.3) is 5.91 Å². The fraction of sp³-hybridized carbons (Fsp3) is 0.353. The van der Waals surface area contributed by atoms with Crippen molar-refractivity contribution in [3.8, 4) is 0 Å². The molecule has 0 spiro atoms. The van der Waals surface area contributed by atoms with Crippen molar-refractivity contribution in [2.75, 3.05) is 11.9 Å². The minimum atomic E-state index is -0.519. The number of hydrogen-bond acceptors (Lipinski definition) is 4. The van der Waals surface area contributed by atoms with Gasteiger partial charge < -0.3 is 5.32 Å². The molecule has 1 N–H and O–H groups in total. The summed E-state index contributed by atoms with van der Waals surface area (Å²) < 4.78 is 0. The van der Waals surface area contributed by atoms with Crippen molar-refractivity contribution in [2.24, 2.45) is 0 Å². The second kappa shape index (κ2) is 6.12. The van der Waals surface area contributed by atoms with Gasteiger partial charge >= 0.3 is 0 Å². The maximum atomic E-state index is 13.0. The van der Waals surface area contributed by atoms with Gasteiger partial charge in [-0.05, 0) is 11.6 Å². The molecule has 1 aliphatic heterocycles. The number of likely N-dealkylation sites (N-methyl/N-ethyl adjacent to an activating group) is 1. The Kier molecular flexibility index (Phi) is 4.17. The number of amides is 2. The number of nitrogens with zero attached hydrogens (tertiary/aromatic N) is 2. The summed E-state index contributed by atoms with van der Waals surface area (Å²) in [7, 11) is 1.59. The highest BCUT2D eigenvalue weighted by molar-refractivity contribution is 7.09. The number of benzene rings is 1. The minimum absolute atomic E-state index is 0.158. The lowest BCUT2D eigenvalue weighted by atomic mass is 10.1. The number of para-hydroxylation sites is 1. The molecule has 120 valence electrons. The van der Waals surface area contributed by atoms with Gasteiger partial charge in [-0.1, -0.05) is 32.0 Å². The number of fused-ring (bicyclic) bond motifs is 1. The van der Waals surface area contributed by atoms with Gasteiger partial charge in [-0.2, -0.15) is 0 Å². The molecule has 2 heterocycles. The van der Waals surface area contributed by atoms with Crippen LogP contribution < -0.4 is 10.2 Å². The lowest BCUT2D eigenvalue weighted by molar-refractivity contribution is -0.121. The summed E-state index contributed by atoms with van der Waals surface area (Å²) in [6.07, 6.45) is 0.531. The van der Waals surface area contributed by atoms with Crippen LogP contribution in [0.4, 0.5) is 5.69 Å². The number of nitrogens with one attached hydrogen (secondary N) is 1. The van der Waals surface area contributed by atoms with E-state index in [1.54, 1.807) is 17.3 Å². The summed E-state index contributed by atoms with van der Waals surface area (Å²) in [5.41, 5.74) is 2.21. The zero-order valence-corrected chi connectivity index (χ0v) is 14.2. The largest absolute Gasteiger partial charge is 0.357 e. The van der Waals surface area contributed by atoms with Gasteiger partial charge in [0.15, 0.2) is 0 Å². The van der Waals surface area contributed by atoms with Crippen molar-refractivity contribution in [1.82, 2.24) is 10.3 Å². The van der Waals surface area contributed by atoms with Crippen LogP contribution in [0.25, 0.3) is 0 Å². The zero-order chi connectivity index (χ0) is 16.6. The first kappa shape index (κ1) is 15.7. The Morgan fingerprint density at radius 2 is 2.09 bits per heavy atom. The smallest absolute Gasteiger partial charge is 0.278 e. The highest BCUT2D eigenvalue weighted by Gasteiger charge is 2.38. The molecule has 0 saturated carbocycles. The van der Waals surface area contributed by atoms with Gasteiger partial charge in [-0.25, -0.2) is 4.98 Å². The Hall–Kier alpha value is -2.21. The molecule has 0 aliphatic carbocycles. The topological polar surface area (TPSA) is 62.3 Å². The fourth-order valence-corrected chi connectivity index (χ4v) is 3.60. The van der Waals surface area contributed by atoms with Crippen molar-refractivity contribution >= 4 is 28.8 Å². The third-order valence-electron chi connectivity index (χ3n) is 3.98. The average Bonchev–Trinajstić information content (AvgIpc) is 3.18. The molecule has 6 heteroatoms. The van der Waals surface area contributed by atoms with Crippen LogP contribution >= 0.6 is 11.3 Å². The summed E-state index contributed by atoms with van der Waals surface area (Å²) in [6.45, 7) is 4.09. The Bertz CT molecular complexity index is 754. The van der Waals surface area contributed by atoms with Crippen LogP contribution in [0.1, 0.15) is 40.8 Å². The lowest BCUT2D eigenvalue weighted by Gasteiger charge is -2.23. The van der Waals surface area contributed by atoms with E-state index in [-0.39, 0.29) is 17.7 Å². The van der Waals surface area contributed by atoms with E-state index < -0.39 is 6.04 Å². The molecule has 23 heavy (non-hydrogen) atoms. The quantitative estimate of drug-likeness (QED) is 0.941. The molecule has 2 amide bonds. The summed E-state index contributed by atoms with van der Waals surface area (Å²) in [5.74, 6) is -0.0947. The number of anilines is 1. The second-order valence-corrected chi connectivity index (χ2v) is 6.75. The summed E-state index contributed by atoms with van der Waals surface area (Å²) >= 11 is 1.48. The van der Waals surface area contributed by atoms with Crippen LogP contribution in [-0.4, -0.2) is 29.9 Å². The molecule has 1 aromatic heterocycles. The average molecular weight is 329 g/mol. The molecule has 0 saturated heterocycles. The van der Waals surface area contributed by atoms with E-state index in [0.29, 0.717) is 12.1 Å². The van der Waals surface area contributed by atoms with Gasteiger partial charge in [-0.3, -0.25) is 14.5 Å². The first-order chi connectivity index (χ1) is 11.0. The third kappa shape index (κ3) is 2.74. The highest BCUT2D eigenvalue weighted by atomic mass is 32.1. The Morgan fingerprint density at radius 3 is 2.74 bits per heavy atom. The van der Waals surface area contributed by atoms with Crippen molar-refractivity contribution in [3.63, 3.8) is 0 Å². The zero-order valence-electron chi connectivity index (χ0n) is 13.4. The van der Waals surface area contributed by atoms with Crippen molar-refractivity contribution in [3.05, 3.63) is 45.9 Å². The monoisotopic (exact) mass is 329 g/mol. The maximum Gasteiger partial charge on any atom is 0.278 e. The van der Waals surface area contributed by atoms with E-state index in [2.05, 4.69) is 10.3 Å². The van der Waals surface area contributed by atoms with Crippen molar-refractivity contribution in [2.45, 2.75) is 32.2 Å². The number of aromatic nitrogens is 1. The summed E-state index contributed by atoms with van der Waals surface area (Å²) in [4.78, 5) is 31.2. The normalized spacial score (nSPS) is 16.5. The first-order valence-electron chi connectivity index (χ1n) is 7.61. The number of hydrogen-bond donors (Lipinski definition) is 1. The van der Waals surface area contributed by atoms with Crippen LogP contribution in [0, 0.1) is 0 Å². The van der Waals surface area contributed by atoms with Gasteiger partial charge in [0, 0.05) is 30.5 Å². The molecule has 0 bridgehead atoms. The standard InChI is InChI=1S/C17H19N3O2S/c1-10(2)16-19-12(9-23-16)17(22)20-13-7-5-4-6-11(13)8-14(20)15(21)18-3/h4-7,9-10,14H,8H2,1-3H3,(H,18,21).